The molecule has 0 fully saturated rings. The topological polar surface area (TPSA) is 37.4 Å². The summed E-state index contributed by atoms with van der Waals surface area (Å²) in [7, 11) is 0. The number of thioether (sulfide) groups is 1. The van der Waals surface area contributed by atoms with Gasteiger partial charge in [-0.25, -0.2) is 0 Å². The van der Waals surface area contributed by atoms with Gasteiger partial charge in [-0.15, -0.1) is 11.8 Å². The van der Waals surface area contributed by atoms with Crippen molar-refractivity contribution in [3.05, 3.63) is 23.8 Å². The molecule has 0 unspecified atom stereocenters. The third-order valence-corrected chi connectivity index (χ3v) is 4.08. The second kappa shape index (κ2) is 4.18. The predicted octanol–water partition coefficient (Wildman–Crippen LogP) is 2.74. The van der Waals surface area contributed by atoms with Crippen LogP contribution in [0.1, 0.15) is 31.1 Å². The predicted molar refractivity (Wildman–Crippen MR) is 69.8 cm³/mol. The SMILES string of the molecule is CCN1C(=O)C(C)(C)Sc2cc(C=O)ccc21. The maximum Gasteiger partial charge on any atom is 0.243 e. The molecule has 1 aromatic carbocycles. The summed E-state index contributed by atoms with van der Waals surface area (Å²) in [4.78, 5) is 25.8. The smallest absolute Gasteiger partial charge is 0.243 e. The van der Waals surface area contributed by atoms with Crippen LogP contribution in [0.2, 0.25) is 0 Å². The summed E-state index contributed by atoms with van der Waals surface area (Å²) in [5, 5.41) is 0. The maximum atomic E-state index is 12.2. The van der Waals surface area contributed by atoms with E-state index in [1.165, 1.54) is 11.8 Å². The van der Waals surface area contributed by atoms with Gasteiger partial charge < -0.3 is 4.90 Å². The van der Waals surface area contributed by atoms with Crippen LogP contribution in [0.5, 0.6) is 0 Å². The molecule has 0 atom stereocenters. The lowest BCUT2D eigenvalue weighted by atomic mass is 10.1. The van der Waals surface area contributed by atoms with Crippen molar-refractivity contribution in [1.82, 2.24) is 0 Å². The van der Waals surface area contributed by atoms with Gasteiger partial charge in [-0.3, -0.25) is 9.59 Å². The van der Waals surface area contributed by atoms with Gasteiger partial charge in [0.05, 0.1) is 10.4 Å². The Kier molecular flexibility index (Phi) is 3.00. The highest BCUT2D eigenvalue weighted by molar-refractivity contribution is 8.01. The zero-order valence-electron chi connectivity index (χ0n) is 10.2. The van der Waals surface area contributed by atoms with Crippen molar-refractivity contribution in [3.8, 4) is 0 Å². The molecule has 0 saturated carbocycles. The first-order valence-electron chi connectivity index (χ1n) is 5.60. The number of benzene rings is 1. The minimum Gasteiger partial charge on any atom is -0.310 e. The van der Waals surface area contributed by atoms with E-state index in [9.17, 15) is 9.59 Å². The number of aldehydes is 1. The molecule has 0 aliphatic carbocycles. The lowest BCUT2D eigenvalue weighted by molar-refractivity contribution is -0.120. The molecule has 1 aromatic rings. The van der Waals surface area contributed by atoms with Crippen molar-refractivity contribution in [1.29, 1.82) is 0 Å². The number of rotatable bonds is 2. The summed E-state index contributed by atoms with van der Waals surface area (Å²) >= 11 is 1.52. The molecule has 1 heterocycles. The molecule has 3 nitrogen and oxygen atoms in total. The van der Waals surface area contributed by atoms with Gasteiger partial charge in [0.1, 0.15) is 6.29 Å². The van der Waals surface area contributed by atoms with Crippen LogP contribution < -0.4 is 4.90 Å². The Bertz CT molecular complexity index is 482. The Hall–Kier alpha value is -1.29. The number of carbonyl (C=O) groups excluding carboxylic acids is 2. The lowest BCUT2D eigenvalue weighted by Gasteiger charge is -2.37. The minimum absolute atomic E-state index is 0.122. The Morgan fingerprint density at radius 2 is 2.12 bits per heavy atom. The van der Waals surface area contributed by atoms with E-state index < -0.39 is 4.75 Å². The minimum atomic E-state index is -0.468. The number of anilines is 1. The third-order valence-electron chi connectivity index (χ3n) is 2.85. The van der Waals surface area contributed by atoms with Gasteiger partial charge in [-0.05, 0) is 39.0 Å². The second-order valence-corrected chi connectivity index (χ2v) is 6.17. The zero-order valence-corrected chi connectivity index (χ0v) is 11.0. The molecule has 17 heavy (non-hydrogen) atoms. The summed E-state index contributed by atoms with van der Waals surface area (Å²) in [5.74, 6) is 0.122. The first-order chi connectivity index (χ1) is 7.99. The highest BCUT2D eigenvalue weighted by Crippen LogP contribution is 2.45. The highest BCUT2D eigenvalue weighted by Gasteiger charge is 2.39. The van der Waals surface area contributed by atoms with E-state index in [1.54, 1.807) is 11.0 Å². The maximum absolute atomic E-state index is 12.2. The Morgan fingerprint density at radius 1 is 1.41 bits per heavy atom. The number of amides is 1. The summed E-state index contributed by atoms with van der Waals surface area (Å²) in [5.41, 5.74) is 1.56. The van der Waals surface area contributed by atoms with Gasteiger partial charge in [0, 0.05) is 17.0 Å². The first kappa shape index (κ1) is 12.2. The average molecular weight is 249 g/mol. The quantitative estimate of drug-likeness (QED) is 0.756. The molecular weight excluding hydrogens is 234 g/mol. The fourth-order valence-corrected chi connectivity index (χ4v) is 3.20. The average Bonchev–Trinajstić information content (AvgIpc) is 2.30. The van der Waals surface area contributed by atoms with Gasteiger partial charge in [-0.2, -0.15) is 0 Å². The van der Waals surface area contributed by atoms with Crippen molar-refractivity contribution in [3.63, 3.8) is 0 Å². The monoisotopic (exact) mass is 249 g/mol. The summed E-state index contributed by atoms with van der Waals surface area (Å²) in [6.45, 7) is 6.44. The molecule has 90 valence electrons. The normalized spacial score (nSPS) is 17.8. The van der Waals surface area contributed by atoms with E-state index in [0.717, 1.165) is 16.9 Å². The lowest BCUT2D eigenvalue weighted by Crippen LogP contribution is -2.46. The third kappa shape index (κ3) is 1.97. The van der Waals surface area contributed by atoms with E-state index in [2.05, 4.69) is 0 Å². The van der Waals surface area contributed by atoms with Crippen molar-refractivity contribution in [2.45, 2.75) is 30.4 Å². The molecule has 0 radical (unpaired) electrons. The van der Waals surface area contributed by atoms with E-state index in [1.807, 2.05) is 32.9 Å². The highest BCUT2D eigenvalue weighted by atomic mass is 32.2. The number of carbonyl (C=O) groups is 2. The van der Waals surface area contributed by atoms with E-state index in [0.29, 0.717) is 12.1 Å². The van der Waals surface area contributed by atoms with Crippen LogP contribution in [0.25, 0.3) is 0 Å². The van der Waals surface area contributed by atoms with E-state index in [-0.39, 0.29) is 5.91 Å². The molecule has 0 aromatic heterocycles. The summed E-state index contributed by atoms with van der Waals surface area (Å²) < 4.78 is -0.468. The van der Waals surface area contributed by atoms with Gasteiger partial charge in [-0.1, -0.05) is 0 Å². The van der Waals surface area contributed by atoms with Crippen LogP contribution >= 0.6 is 11.8 Å². The van der Waals surface area contributed by atoms with E-state index in [4.69, 9.17) is 0 Å². The number of hydrogen-bond donors (Lipinski definition) is 0. The second-order valence-electron chi connectivity index (χ2n) is 4.51. The molecule has 0 saturated heterocycles. The molecule has 1 aliphatic heterocycles. The molecule has 2 rings (SSSR count). The number of fused-ring (bicyclic) bond motifs is 1. The Balaban J connectivity index is 2.55. The van der Waals surface area contributed by atoms with Crippen molar-refractivity contribution in [2.24, 2.45) is 0 Å². The van der Waals surface area contributed by atoms with Crippen LogP contribution in [0.4, 0.5) is 5.69 Å². The molecule has 0 N–H and O–H groups in total. The Labute approximate surface area is 105 Å². The fraction of sp³-hybridized carbons (Fsp3) is 0.385. The Morgan fingerprint density at radius 3 is 2.71 bits per heavy atom. The van der Waals surface area contributed by atoms with E-state index >= 15 is 0 Å². The largest absolute Gasteiger partial charge is 0.310 e. The van der Waals surface area contributed by atoms with Gasteiger partial charge in [0.25, 0.3) is 0 Å². The van der Waals surface area contributed by atoms with Gasteiger partial charge in [0.2, 0.25) is 5.91 Å². The van der Waals surface area contributed by atoms with Crippen LogP contribution in [-0.4, -0.2) is 23.5 Å². The van der Waals surface area contributed by atoms with Crippen LogP contribution in [0.3, 0.4) is 0 Å². The zero-order chi connectivity index (χ0) is 12.6. The molecule has 4 heteroatoms. The molecule has 1 aliphatic rings. The molecule has 1 amide bonds. The molecule has 0 bridgehead atoms. The van der Waals surface area contributed by atoms with Crippen LogP contribution in [0, 0.1) is 0 Å². The van der Waals surface area contributed by atoms with Crippen molar-refractivity contribution in [2.75, 3.05) is 11.4 Å². The summed E-state index contributed by atoms with van der Waals surface area (Å²) in [6.07, 6.45) is 0.834. The standard InChI is InChI=1S/C13H15NO2S/c1-4-14-10-6-5-9(8-15)7-11(10)17-13(2,3)12(14)16/h5-8H,4H2,1-3H3. The van der Waals surface area contributed by atoms with Crippen LogP contribution in [0.15, 0.2) is 23.1 Å². The number of hydrogen-bond acceptors (Lipinski definition) is 3. The van der Waals surface area contributed by atoms with Gasteiger partial charge >= 0.3 is 0 Å². The molecular formula is C13H15NO2S. The first-order valence-corrected chi connectivity index (χ1v) is 6.41. The number of nitrogens with zero attached hydrogens (tertiary/aromatic N) is 1. The van der Waals surface area contributed by atoms with Crippen LogP contribution in [-0.2, 0) is 4.79 Å². The van der Waals surface area contributed by atoms with Crippen molar-refractivity contribution >= 4 is 29.6 Å². The van der Waals surface area contributed by atoms with Gasteiger partial charge in [0.15, 0.2) is 0 Å². The molecule has 0 spiro atoms. The fourth-order valence-electron chi connectivity index (χ4n) is 1.98. The van der Waals surface area contributed by atoms with Crippen molar-refractivity contribution < 1.29 is 9.59 Å². The summed E-state index contributed by atoms with van der Waals surface area (Å²) in [6, 6.07) is 5.45.